The number of aromatic amines is 1. The molecule has 2 heterocycles. The van der Waals surface area contributed by atoms with Gasteiger partial charge >= 0.3 is 0 Å². The van der Waals surface area contributed by atoms with Crippen molar-refractivity contribution in [2.75, 3.05) is 65.5 Å². The molecule has 1 unspecified atom stereocenters. The predicted molar refractivity (Wildman–Crippen MR) is 116 cm³/mol. The minimum absolute atomic E-state index is 0.155. The molecule has 1 aliphatic rings. The topological polar surface area (TPSA) is 128 Å². The second-order valence-corrected chi connectivity index (χ2v) is 8.97. The highest BCUT2D eigenvalue weighted by Gasteiger charge is 2.30. The van der Waals surface area contributed by atoms with E-state index in [2.05, 4.69) is 27.1 Å². The van der Waals surface area contributed by atoms with Crippen LogP contribution < -0.4 is 10.9 Å². The zero-order valence-corrected chi connectivity index (χ0v) is 19.1. The first-order valence-electron chi connectivity index (χ1n) is 10.2. The summed E-state index contributed by atoms with van der Waals surface area (Å²) in [6.45, 7) is 10.4. The van der Waals surface area contributed by atoms with Crippen molar-refractivity contribution in [3.63, 3.8) is 0 Å². The van der Waals surface area contributed by atoms with Gasteiger partial charge in [-0.25, -0.2) is 9.90 Å². The minimum Gasteiger partial charge on any atom is -0.377 e. The number of carbonyl (C=O) groups is 1. The molecule has 2 N–H and O–H groups in total. The molecule has 1 saturated heterocycles. The Hall–Kier alpha value is -1.86. The van der Waals surface area contributed by atoms with Crippen LogP contribution in [0.4, 0.5) is 0 Å². The van der Waals surface area contributed by atoms with Crippen LogP contribution in [-0.4, -0.2) is 101 Å². The average molecular weight is 460 g/mol. The molecule has 2 rings (SSSR count). The molecule has 31 heavy (non-hydrogen) atoms. The van der Waals surface area contributed by atoms with E-state index < -0.39 is 10.8 Å². The van der Waals surface area contributed by atoms with Gasteiger partial charge in [-0.05, 0) is 6.92 Å². The Balaban J connectivity index is 1.44. The number of hydrogen-bond donors (Lipinski definition) is 2. The van der Waals surface area contributed by atoms with Crippen molar-refractivity contribution in [1.29, 1.82) is 0 Å². The third kappa shape index (κ3) is 9.03. The van der Waals surface area contributed by atoms with Crippen molar-refractivity contribution in [3.8, 4) is 0 Å². The lowest BCUT2D eigenvalue weighted by molar-refractivity contribution is -0.117. The Morgan fingerprint density at radius 3 is 2.42 bits per heavy atom. The second kappa shape index (κ2) is 13.5. The highest BCUT2D eigenvalue weighted by molar-refractivity contribution is 7.85. The van der Waals surface area contributed by atoms with Crippen LogP contribution in [-0.2, 0) is 42.9 Å². The summed E-state index contributed by atoms with van der Waals surface area (Å²) in [6.07, 6.45) is 1.71. The molecule has 1 atom stereocenters. The molecule has 1 fully saturated rings. The molecule has 0 bridgehead atoms. The third-order valence-electron chi connectivity index (χ3n) is 4.69. The van der Waals surface area contributed by atoms with E-state index in [1.54, 1.807) is 13.2 Å². The van der Waals surface area contributed by atoms with E-state index >= 15 is 0 Å². The maximum Gasteiger partial charge on any atom is 0.291 e. The van der Waals surface area contributed by atoms with E-state index in [0.717, 1.165) is 13.1 Å². The lowest BCUT2D eigenvalue weighted by atomic mass is 10.2. The number of aromatic nitrogens is 3. The number of nitrogens with zero attached hydrogens (tertiary/aromatic N) is 3. The lowest BCUT2D eigenvalue weighted by Crippen LogP contribution is -2.52. The van der Waals surface area contributed by atoms with E-state index in [1.807, 2.05) is 0 Å². The van der Waals surface area contributed by atoms with Gasteiger partial charge in [0.25, 0.3) is 5.56 Å². The number of ether oxygens (including phenoxy) is 3. The van der Waals surface area contributed by atoms with E-state index in [9.17, 15) is 13.8 Å². The highest BCUT2D eigenvalue weighted by Crippen LogP contribution is 2.14. The van der Waals surface area contributed by atoms with Crippen molar-refractivity contribution in [1.82, 2.24) is 25.2 Å². The van der Waals surface area contributed by atoms with E-state index in [1.165, 1.54) is 4.68 Å². The second-order valence-electron chi connectivity index (χ2n) is 7.30. The Morgan fingerprint density at radius 1 is 1.19 bits per heavy atom. The normalized spacial score (nSPS) is 15.5. The molecule has 11 nitrogen and oxygen atoms in total. The Labute approximate surface area is 184 Å². The van der Waals surface area contributed by atoms with Crippen LogP contribution in [0, 0.1) is 0 Å². The van der Waals surface area contributed by atoms with Gasteiger partial charge in [0.05, 0.1) is 51.4 Å². The van der Waals surface area contributed by atoms with Crippen LogP contribution in [0.1, 0.15) is 12.6 Å². The van der Waals surface area contributed by atoms with Crippen LogP contribution in [0.5, 0.6) is 0 Å². The largest absolute Gasteiger partial charge is 0.377 e. The van der Waals surface area contributed by atoms with Gasteiger partial charge in [-0.2, -0.15) is 5.10 Å². The molecular formula is C19H33N5O6S. The van der Waals surface area contributed by atoms with Gasteiger partial charge in [0.15, 0.2) is 0 Å². The van der Waals surface area contributed by atoms with Gasteiger partial charge < -0.3 is 19.5 Å². The maximum atomic E-state index is 12.3. The smallest absolute Gasteiger partial charge is 0.291 e. The number of amides is 1. The summed E-state index contributed by atoms with van der Waals surface area (Å²) in [5.41, 5.74) is 0.776. The summed E-state index contributed by atoms with van der Waals surface area (Å²) in [4.78, 5) is 25.6. The Bertz CT molecular complexity index is 789. The van der Waals surface area contributed by atoms with Gasteiger partial charge in [0.1, 0.15) is 5.69 Å². The molecule has 12 heteroatoms. The fourth-order valence-corrected chi connectivity index (χ4v) is 3.62. The zero-order chi connectivity index (χ0) is 22.6. The molecule has 0 aliphatic carbocycles. The van der Waals surface area contributed by atoms with Gasteiger partial charge in [-0.1, -0.05) is 6.58 Å². The van der Waals surface area contributed by atoms with Gasteiger partial charge in [0, 0.05) is 48.8 Å². The van der Waals surface area contributed by atoms with Gasteiger partial charge in [0.2, 0.25) is 5.91 Å². The first-order chi connectivity index (χ1) is 14.9. The zero-order valence-electron chi connectivity index (χ0n) is 18.3. The number of carbonyl (C=O) groups excluding carboxylic acids is 1. The lowest BCUT2D eigenvalue weighted by Gasteiger charge is -2.37. The fourth-order valence-electron chi connectivity index (χ4n) is 2.78. The van der Waals surface area contributed by atoms with Gasteiger partial charge in [-0.15, -0.1) is 0 Å². The van der Waals surface area contributed by atoms with E-state index in [-0.39, 0.29) is 16.7 Å². The molecule has 1 aromatic heterocycles. The Kier molecular flexibility index (Phi) is 11.1. The number of rotatable bonds is 16. The first-order valence-corrected chi connectivity index (χ1v) is 11.9. The van der Waals surface area contributed by atoms with E-state index in [0.29, 0.717) is 70.5 Å². The molecule has 0 radical (unpaired) electrons. The summed E-state index contributed by atoms with van der Waals surface area (Å²) >= 11 is 0. The fraction of sp³-hybridized carbons (Fsp3) is 0.737. The molecular weight excluding hydrogens is 426 g/mol. The summed E-state index contributed by atoms with van der Waals surface area (Å²) in [5, 5.41) is 9.67. The average Bonchev–Trinajstić information content (AvgIpc) is 3.04. The first kappa shape index (κ1) is 25.4. The van der Waals surface area contributed by atoms with Crippen LogP contribution in [0.3, 0.4) is 0 Å². The summed E-state index contributed by atoms with van der Waals surface area (Å²) in [6, 6.07) is 0. The minimum atomic E-state index is -0.820. The monoisotopic (exact) mass is 459 g/mol. The van der Waals surface area contributed by atoms with Crippen molar-refractivity contribution < 1.29 is 23.2 Å². The summed E-state index contributed by atoms with van der Waals surface area (Å²) in [5.74, 6) is -0.175. The molecule has 1 aromatic rings. The Morgan fingerprint density at radius 2 is 1.81 bits per heavy atom. The quantitative estimate of drug-likeness (QED) is 0.235. The molecule has 1 amide bonds. The molecule has 0 spiro atoms. The van der Waals surface area contributed by atoms with Crippen molar-refractivity contribution >= 4 is 16.7 Å². The van der Waals surface area contributed by atoms with Crippen LogP contribution in [0.25, 0.3) is 0 Å². The van der Waals surface area contributed by atoms with Crippen molar-refractivity contribution in [3.05, 3.63) is 28.2 Å². The van der Waals surface area contributed by atoms with E-state index in [4.69, 9.17) is 14.2 Å². The predicted octanol–water partition coefficient (Wildman–Crippen LogP) is -1.12. The number of nitrogens with one attached hydrogen (secondary N) is 2. The number of hydrogen-bond acceptors (Lipinski definition) is 8. The standard InChI is InChI=1S/C19H33N5O6S/c1-15(2)18(25)20-4-6-28-8-10-30-11-9-29-7-5-24-19(26)17(21-22-24)14-23-12-16(13-23)31(3)27/h16,22H,1,4-14H2,2-3H3,(H,20,25). The molecule has 176 valence electrons. The van der Waals surface area contributed by atoms with Crippen LogP contribution in [0.15, 0.2) is 16.9 Å². The highest BCUT2D eigenvalue weighted by atomic mass is 32.2. The van der Waals surface area contributed by atoms with Crippen molar-refractivity contribution in [2.24, 2.45) is 0 Å². The van der Waals surface area contributed by atoms with Crippen LogP contribution >= 0.6 is 0 Å². The maximum absolute atomic E-state index is 12.3. The third-order valence-corrected chi connectivity index (χ3v) is 5.92. The summed E-state index contributed by atoms with van der Waals surface area (Å²) < 4.78 is 29.0. The van der Waals surface area contributed by atoms with Crippen molar-refractivity contribution in [2.45, 2.75) is 25.3 Å². The molecule has 0 aromatic carbocycles. The summed E-state index contributed by atoms with van der Waals surface area (Å²) in [7, 11) is -0.820. The molecule has 0 saturated carbocycles. The molecule has 1 aliphatic heterocycles. The van der Waals surface area contributed by atoms with Crippen LogP contribution in [0.2, 0.25) is 0 Å². The number of likely N-dealkylation sites (tertiary alicyclic amines) is 1. The van der Waals surface area contributed by atoms with Gasteiger partial charge in [-0.3, -0.25) is 18.7 Å². The number of H-pyrrole nitrogens is 1. The SMILES string of the molecule is C=C(C)C(=O)NCCOCCOCCOCCn1[nH]nc(CN2CC(S(C)=O)C2)c1=O.